The summed E-state index contributed by atoms with van der Waals surface area (Å²) in [7, 11) is -3.58. The zero-order chi connectivity index (χ0) is 22.5. The van der Waals surface area contributed by atoms with Crippen LogP contribution in [0.5, 0.6) is 5.75 Å². The van der Waals surface area contributed by atoms with Gasteiger partial charge in [-0.05, 0) is 29.8 Å². The number of sulfonamides is 1. The Balaban J connectivity index is 1.46. The zero-order valence-electron chi connectivity index (χ0n) is 16.1. The summed E-state index contributed by atoms with van der Waals surface area (Å²) in [5.41, 5.74) is 0.583. The Hall–Kier alpha value is -2.35. The molecular formula is C18H20F3N3O5S2. The van der Waals surface area contributed by atoms with Gasteiger partial charge in [0, 0.05) is 24.5 Å². The first kappa shape index (κ1) is 23.3. The second kappa shape index (κ2) is 9.85. The average Bonchev–Trinajstić information content (AvgIpc) is 3.21. The van der Waals surface area contributed by atoms with Gasteiger partial charge in [0.05, 0.1) is 19.8 Å². The molecule has 0 unspecified atom stereocenters. The monoisotopic (exact) mass is 479 g/mol. The van der Waals surface area contributed by atoms with Crippen molar-refractivity contribution in [3.8, 4) is 5.75 Å². The minimum Gasteiger partial charge on any atom is -0.406 e. The summed E-state index contributed by atoms with van der Waals surface area (Å²) in [5.74, 6) is -0.346. The molecular weight excluding hydrogens is 459 g/mol. The first-order valence-corrected chi connectivity index (χ1v) is 11.4. The van der Waals surface area contributed by atoms with Gasteiger partial charge in [-0.2, -0.15) is 4.31 Å². The molecule has 1 fully saturated rings. The molecule has 2 N–H and O–H groups in total. The lowest BCUT2D eigenvalue weighted by molar-refractivity contribution is -0.274. The molecule has 2 amide bonds. The highest BCUT2D eigenvalue weighted by atomic mass is 32.2. The number of morpholine rings is 1. The van der Waals surface area contributed by atoms with E-state index in [4.69, 9.17) is 4.74 Å². The third-order valence-electron chi connectivity index (χ3n) is 4.23. The van der Waals surface area contributed by atoms with E-state index in [1.165, 1.54) is 22.5 Å². The van der Waals surface area contributed by atoms with E-state index in [9.17, 15) is 26.4 Å². The van der Waals surface area contributed by atoms with Crippen molar-refractivity contribution >= 4 is 27.4 Å². The van der Waals surface area contributed by atoms with Crippen LogP contribution in [0.15, 0.2) is 40.6 Å². The normalized spacial score (nSPS) is 15.5. The van der Waals surface area contributed by atoms with E-state index in [-0.39, 0.29) is 23.0 Å². The number of ether oxygens (including phenoxy) is 2. The summed E-state index contributed by atoms with van der Waals surface area (Å²) < 4.78 is 72.2. The third-order valence-corrected chi connectivity index (χ3v) is 7.69. The van der Waals surface area contributed by atoms with Crippen LogP contribution in [0.2, 0.25) is 0 Å². The van der Waals surface area contributed by atoms with E-state index in [1.54, 1.807) is 6.07 Å². The van der Waals surface area contributed by atoms with Crippen molar-refractivity contribution < 1.29 is 35.9 Å². The molecule has 1 aromatic heterocycles. The van der Waals surface area contributed by atoms with Crippen molar-refractivity contribution in [1.29, 1.82) is 0 Å². The Morgan fingerprint density at radius 2 is 1.71 bits per heavy atom. The van der Waals surface area contributed by atoms with Crippen LogP contribution in [-0.2, 0) is 27.8 Å². The molecule has 13 heteroatoms. The van der Waals surface area contributed by atoms with E-state index in [1.807, 2.05) is 0 Å². The number of rotatable bonds is 7. The number of amides is 2. The Morgan fingerprint density at radius 3 is 2.35 bits per heavy atom. The van der Waals surface area contributed by atoms with Crippen LogP contribution < -0.4 is 15.4 Å². The van der Waals surface area contributed by atoms with Gasteiger partial charge in [0.2, 0.25) is 0 Å². The highest BCUT2D eigenvalue weighted by Crippen LogP contribution is 2.25. The lowest BCUT2D eigenvalue weighted by atomic mass is 10.2. The summed E-state index contributed by atoms with van der Waals surface area (Å²) in [6, 6.07) is 7.77. The summed E-state index contributed by atoms with van der Waals surface area (Å²) in [5, 5.41) is 5.19. The third kappa shape index (κ3) is 6.82. The molecule has 1 aromatic carbocycles. The van der Waals surface area contributed by atoms with Crippen molar-refractivity contribution in [3.05, 3.63) is 46.8 Å². The van der Waals surface area contributed by atoms with Crippen LogP contribution >= 0.6 is 11.3 Å². The molecule has 0 radical (unpaired) electrons. The maximum atomic E-state index is 12.6. The minimum absolute atomic E-state index is 0.0965. The Kier molecular flexibility index (Phi) is 7.41. The van der Waals surface area contributed by atoms with Crippen LogP contribution in [-0.4, -0.2) is 51.4 Å². The minimum atomic E-state index is -4.76. The number of halogens is 3. The molecule has 0 aliphatic carbocycles. The second-order valence-electron chi connectivity index (χ2n) is 6.47. The van der Waals surface area contributed by atoms with Crippen molar-refractivity contribution in [2.45, 2.75) is 23.7 Å². The van der Waals surface area contributed by atoms with E-state index in [0.717, 1.165) is 23.5 Å². The summed E-state index contributed by atoms with van der Waals surface area (Å²) >= 11 is 1.08. The highest BCUT2D eigenvalue weighted by molar-refractivity contribution is 7.91. The van der Waals surface area contributed by atoms with Gasteiger partial charge >= 0.3 is 12.4 Å². The number of urea groups is 1. The molecule has 1 aliphatic rings. The lowest BCUT2D eigenvalue weighted by Crippen LogP contribution is -2.40. The number of benzene rings is 1. The van der Waals surface area contributed by atoms with E-state index in [2.05, 4.69) is 15.4 Å². The topological polar surface area (TPSA) is 97.0 Å². The first-order chi connectivity index (χ1) is 14.6. The van der Waals surface area contributed by atoms with E-state index < -0.39 is 22.4 Å². The maximum absolute atomic E-state index is 12.6. The Morgan fingerprint density at radius 1 is 1.06 bits per heavy atom. The van der Waals surface area contributed by atoms with Gasteiger partial charge in [-0.15, -0.1) is 24.5 Å². The second-order valence-corrected chi connectivity index (χ2v) is 9.80. The van der Waals surface area contributed by atoms with Gasteiger partial charge in [-0.25, -0.2) is 13.2 Å². The fourth-order valence-corrected chi connectivity index (χ4v) is 5.59. The van der Waals surface area contributed by atoms with Crippen LogP contribution in [0.25, 0.3) is 0 Å². The van der Waals surface area contributed by atoms with Crippen molar-refractivity contribution in [2.24, 2.45) is 0 Å². The number of hydrogen-bond donors (Lipinski definition) is 2. The molecule has 2 heterocycles. The maximum Gasteiger partial charge on any atom is 0.573 e. The van der Waals surface area contributed by atoms with Gasteiger partial charge in [0.1, 0.15) is 9.96 Å². The predicted molar refractivity (Wildman–Crippen MR) is 106 cm³/mol. The van der Waals surface area contributed by atoms with E-state index in [0.29, 0.717) is 36.7 Å². The smallest absolute Gasteiger partial charge is 0.406 e. The van der Waals surface area contributed by atoms with Crippen LogP contribution in [0.3, 0.4) is 0 Å². The number of nitrogens with zero attached hydrogens (tertiary/aromatic N) is 1. The largest absolute Gasteiger partial charge is 0.573 e. The molecule has 3 rings (SSSR count). The molecule has 1 saturated heterocycles. The number of alkyl halides is 3. The Bertz CT molecular complexity index is 988. The van der Waals surface area contributed by atoms with Crippen molar-refractivity contribution in [1.82, 2.24) is 14.9 Å². The number of carbonyl (C=O) groups is 1. The zero-order valence-corrected chi connectivity index (χ0v) is 17.8. The predicted octanol–water partition coefficient (Wildman–Crippen LogP) is 2.67. The number of carbonyl (C=O) groups excluding carboxylic acids is 1. The standard InChI is InChI=1S/C18H20F3N3O5S2/c19-18(20,21)29-14-3-1-13(2-4-14)11-22-17(25)23-12-15-5-6-16(30-15)31(26,27)24-7-9-28-10-8-24/h1-6H,7-12H2,(H2,22,23,25). The fraction of sp³-hybridized carbons (Fsp3) is 0.389. The van der Waals surface area contributed by atoms with Crippen LogP contribution in [0, 0.1) is 0 Å². The molecule has 0 bridgehead atoms. The molecule has 0 atom stereocenters. The average molecular weight is 480 g/mol. The summed E-state index contributed by atoms with van der Waals surface area (Å²) in [6.45, 7) is 1.56. The fourth-order valence-electron chi connectivity index (χ4n) is 2.73. The summed E-state index contributed by atoms with van der Waals surface area (Å²) in [4.78, 5) is 12.6. The van der Waals surface area contributed by atoms with Gasteiger partial charge in [0.15, 0.2) is 0 Å². The van der Waals surface area contributed by atoms with E-state index >= 15 is 0 Å². The number of nitrogens with one attached hydrogen (secondary N) is 2. The van der Waals surface area contributed by atoms with Crippen molar-refractivity contribution in [2.75, 3.05) is 26.3 Å². The lowest BCUT2D eigenvalue weighted by Gasteiger charge is -2.25. The number of hydrogen-bond acceptors (Lipinski definition) is 6. The quantitative estimate of drug-likeness (QED) is 0.637. The van der Waals surface area contributed by atoms with Gasteiger partial charge in [0.25, 0.3) is 10.0 Å². The summed E-state index contributed by atoms with van der Waals surface area (Å²) in [6.07, 6.45) is -4.76. The SMILES string of the molecule is O=C(NCc1ccc(OC(F)(F)F)cc1)NCc1ccc(S(=O)(=O)N2CCOCC2)s1. The first-order valence-electron chi connectivity index (χ1n) is 9.16. The van der Waals surface area contributed by atoms with Gasteiger partial charge < -0.3 is 20.1 Å². The van der Waals surface area contributed by atoms with Gasteiger partial charge in [-0.1, -0.05) is 12.1 Å². The van der Waals surface area contributed by atoms with Crippen LogP contribution in [0.4, 0.5) is 18.0 Å². The molecule has 8 nitrogen and oxygen atoms in total. The Labute approximate surface area is 181 Å². The molecule has 1 aliphatic heterocycles. The number of thiophene rings is 1. The van der Waals surface area contributed by atoms with Crippen LogP contribution in [0.1, 0.15) is 10.4 Å². The molecule has 170 valence electrons. The molecule has 0 saturated carbocycles. The van der Waals surface area contributed by atoms with Crippen molar-refractivity contribution in [3.63, 3.8) is 0 Å². The molecule has 0 spiro atoms. The highest BCUT2D eigenvalue weighted by Gasteiger charge is 2.31. The molecule has 2 aromatic rings. The van der Waals surface area contributed by atoms with Gasteiger partial charge in [-0.3, -0.25) is 0 Å². The molecule has 31 heavy (non-hydrogen) atoms.